The van der Waals surface area contributed by atoms with E-state index in [4.69, 9.17) is 9.47 Å². The van der Waals surface area contributed by atoms with Gasteiger partial charge < -0.3 is 9.47 Å². The Morgan fingerprint density at radius 3 is 2.40 bits per heavy atom. The maximum atomic E-state index is 12.2. The van der Waals surface area contributed by atoms with Gasteiger partial charge in [-0.15, -0.1) is 0 Å². The average molecular weight is 467 g/mol. The van der Waals surface area contributed by atoms with Gasteiger partial charge in [-0.1, -0.05) is 39.7 Å². The van der Waals surface area contributed by atoms with E-state index in [0.29, 0.717) is 17.1 Å². The molecule has 3 rings (SSSR count). The lowest BCUT2D eigenvalue weighted by molar-refractivity contribution is -0.123. The van der Waals surface area contributed by atoms with Gasteiger partial charge in [0.25, 0.3) is 5.91 Å². The zero-order chi connectivity index (χ0) is 21.3. The summed E-state index contributed by atoms with van der Waals surface area (Å²) in [7, 11) is 0. The molecular weight excluding hydrogens is 448 g/mol. The molecule has 0 aliphatic carbocycles. The molecule has 1 amide bonds. The normalized spacial score (nSPS) is 10.6. The number of esters is 1. The number of hydrazone groups is 1. The Morgan fingerprint density at radius 1 is 1.00 bits per heavy atom. The Morgan fingerprint density at radius 2 is 1.70 bits per heavy atom. The number of amides is 1. The number of ether oxygens (including phenoxy) is 2. The van der Waals surface area contributed by atoms with E-state index in [9.17, 15) is 9.59 Å². The lowest BCUT2D eigenvalue weighted by Crippen LogP contribution is -2.24. The molecular formula is C23H19BrN2O4. The molecule has 0 spiro atoms. The van der Waals surface area contributed by atoms with Gasteiger partial charge in [-0.2, -0.15) is 5.10 Å². The van der Waals surface area contributed by atoms with Crippen LogP contribution in [0.4, 0.5) is 0 Å². The van der Waals surface area contributed by atoms with Crippen LogP contribution in [0, 0.1) is 6.92 Å². The molecule has 0 aromatic heterocycles. The zero-order valence-electron chi connectivity index (χ0n) is 16.2. The lowest BCUT2D eigenvalue weighted by Gasteiger charge is -2.05. The molecule has 0 unspecified atom stereocenters. The van der Waals surface area contributed by atoms with Crippen molar-refractivity contribution in [2.75, 3.05) is 6.61 Å². The minimum absolute atomic E-state index is 0.134. The van der Waals surface area contributed by atoms with E-state index in [-0.39, 0.29) is 12.5 Å². The monoisotopic (exact) mass is 466 g/mol. The van der Waals surface area contributed by atoms with Crippen molar-refractivity contribution in [3.63, 3.8) is 0 Å². The van der Waals surface area contributed by atoms with Crippen molar-refractivity contribution < 1.29 is 19.1 Å². The summed E-state index contributed by atoms with van der Waals surface area (Å²) in [5.74, 6) is 0.213. The third-order valence-corrected chi connectivity index (χ3v) is 4.44. The first kappa shape index (κ1) is 21.3. The third kappa shape index (κ3) is 6.56. The molecule has 0 fully saturated rings. The molecule has 3 aromatic carbocycles. The number of benzene rings is 3. The summed E-state index contributed by atoms with van der Waals surface area (Å²) in [4.78, 5) is 23.9. The summed E-state index contributed by atoms with van der Waals surface area (Å²) in [6.45, 7) is 1.84. The Bertz CT molecular complexity index is 1050. The summed E-state index contributed by atoms with van der Waals surface area (Å²) in [6.07, 6.45) is 1.49. The third-order valence-electron chi connectivity index (χ3n) is 3.94. The topological polar surface area (TPSA) is 77.0 Å². The molecule has 152 valence electrons. The van der Waals surface area contributed by atoms with Crippen LogP contribution in [-0.2, 0) is 4.79 Å². The summed E-state index contributed by atoms with van der Waals surface area (Å²) in [6, 6.07) is 21.1. The van der Waals surface area contributed by atoms with Gasteiger partial charge in [0.15, 0.2) is 6.61 Å². The molecule has 0 saturated carbocycles. The fraction of sp³-hybridized carbons (Fsp3) is 0.0870. The second kappa shape index (κ2) is 10.4. The van der Waals surface area contributed by atoms with Crippen LogP contribution >= 0.6 is 15.9 Å². The fourth-order valence-corrected chi connectivity index (χ4v) is 2.80. The van der Waals surface area contributed by atoms with E-state index in [1.807, 2.05) is 25.1 Å². The second-order valence-corrected chi connectivity index (χ2v) is 7.28. The summed E-state index contributed by atoms with van der Waals surface area (Å²) in [5.41, 5.74) is 4.70. The first-order valence-corrected chi connectivity index (χ1v) is 9.88. The van der Waals surface area contributed by atoms with Crippen molar-refractivity contribution in [3.8, 4) is 11.5 Å². The van der Waals surface area contributed by atoms with E-state index in [0.717, 1.165) is 15.6 Å². The quantitative estimate of drug-likeness (QED) is 0.240. The van der Waals surface area contributed by atoms with Crippen molar-refractivity contribution in [1.29, 1.82) is 0 Å². The van der Waals surface area contributed by atoms with E-state index >= 15 is 0 Å². The molecule has 3 aromatic rings. The number of carbonyl (C=O) groups excluding carboxylic acids is 2. The molecule has 0 radical (unpaired) electrons. The largest absolute Gasteiger partial charge is 0.484 e. The van der Waals surface area contributed by atoms with Gasteiger partial charge in [-0.25, -0.2) is 10.2 Å². The van der Waals surface area contributed by atoms with E-state index in [1.165, 1.54) is 6.21 Å². The van der Waals surface area contributed by atoms with Crippen LogP contribution < -0.4 is 14.9 Å². The molecule has 7 heteroatoms. The van der Waals surface area contributed by atoms with Gasteiger partial charge in [-0.05, 0) is 67.1 Å². The number of carbonyl (C=O) groups is 2. The number of hydrogen-bond donors (Lipinski definition) is 1. The maximum absolute atomic E-state index is 12.2. The molecule has 30 heavy (non-hydrogen) atoms. The highest BCUT2D eigenvalue weighted by Gasteiger charge is 2.08. The predicted molar refractivity (Wildman–Crippen MR) is 118 cm³/mol. The zero-order valence-corrected chi connectivity index (χ0v) is 17.8. The number of nitrogens with one attached hydrogen (secondary N) is 1. The average Bonchev–Trinajstić information content (AvgIpc) is 2.74. The number of halogens is 1. The van der Waals surface area contributed by atoms with E-state index < -0.39 is 5.97 Å². The Hall–Kier alpha value is -3.45. The molecule has 0 aliphatic heterocycles. The maximum Gasteiger partial charge on any atom is 0.343 e. The van der Waals surface area contributed by atoms with Crippen LogP contribution in [0.15, 0.2) is 82.4 Å². The van der Waals surface area contributed by atoms with E-state index in [1.54, 1.807) is 54.6 Å². The Kier molecular flexibility index (Phi) is 7.34. The van der Waals surface area contributed by atoms with Gasteiger partial charge in [-0.3, -0.25) is 4.79 Å². The number of hydrogen-bond acceptors (Lipinski definition) is 5. The van der Waals surface area contributed by atoms with E-state index in [2.05, 4.69) is 26.5 Å². The van der Waals surface area contributed by atoms with Crippen molar-refractivity contribution >= 4 is 34.0 Å². The van der Waals surface area contributed by atoms with Crippen molar-refractivity contribution in [3.05, 3.63) is 94.0 Å². The SMILES string of the molecule is Cc1ccc(OCC(=O)N/N=C/c2ccc(OC(=O)c3cccc(Br)c3)cc2)cc1. The van der Waals surface area contributed by atoms with Gasteiger partial charge in [0.1, 0.15) is 11.5 Å². The number of nitrogens with zero attached hydrogens (tertiary/aromatic N) is 1. The smallest absolute Gasteiger partial charge is 0.343 e. The first-order valence-electron chi connectivity index (χ1n) is 9.09. The highest BCUT2D eigenvalue weighted by molar-refractivity contribution is 9.10. The summed E-state index contributed by atoms with van der Waals surface area (Å²) >= 11 is 3.32. The van der Waals surface area contributed by atoms with Crippen LogP contribution in [0.3, 0.4) is 0 Å². The Balaban J connectivity index is 1.46. The molecule has 0 heterocycles. The second-order valence-electron chi connectivity index (χ2n) is 6.36. The minimum Gasteiger partial charge on any atom is -0.484 e. The first-order chi connectivity index (χ1) is 14.5. The molecule has 0 atom stereocenters. The summed E-state index contributed by atoms with van der Waals surface area (Å²) in [5, 5.41) is 3.90. The van der Waals surface area contributed by atoms with Crippen LogP contribution in [0.1, 0.15) is 21.5 Å². The highest BCUT2D eigenvalue weighted by Crippen LogP contribution is 2.16. The van der Waals surface area contributed by atoms with Crippen molar-refractivity contribution in [2.24, 2.45) is 5.10 Å². The van der Waals surface area contributed by atoms with Gasteiger partial charge in [0.2, 0.25) is 0 Å². The van der Waals surface area contributed by atoms with Crippen molar-refractivity contribution in [1.82, 2.24) is 5.43 Å². The number of aryl methyl sites for hydroxylation is 1. The van der Waals surface area contributed by atoms with Crippen LogP contribution in [0.25, 0.3) is 0 Å². The fourth-order valence-electron chi connectivity index (χ4n) is 2.40. The van der Waals surface area contributed by atoms with Gasteiger partial charge in [0, 0.05) is 4.47 Å². The molecule has 0 bridgehead atoms. The van der Waals surface area contributed by atoms with Gasteiger partial charge in [0.05, 0.1) is 11.8 Å². The van der Waals surface area contributed by atoms with Crippen molar-refractivity contribution in [2.45, 2.75) is 6.92 Å². The minimum atomic E-state index is -0.446. The van der Waals surface area contributed by atoms with Crippen LogP contribution in [0.5, 0.6) is 11.5 Å². The predicted octanol–water partition coefficient (Wildman–Crippen LogP) is 4.51. The molecule has 0 aliphatic rings. The molecule has 1 N–H and O–H groups in total. The van der Waals surface area contributed by atoms with Crippen LogP contribution in [0.2, 0.25) is 0 Å². The van der Waals surface area contributed by atoms with Gasteiger partial charge >= 0.3 is 5.97 Å². The lowest BCUT2D eigenvalue weighted by atomic mass is 10.2. The Labute approximate surface area is 182 Å². The number of rotatable bonds is 7. The summed E-state index contributed by atoms with van der Waals surface area (Å²) < 4.78 is 11.5. The standard InChI is InChI=1S/C23H19BrN2O4/c1-16-5-9-20(10-6-16)29-15-22(27)26-25-14-17-7-11-21(12-8-17)30-23(28)18-3-2-4-19(24)13-18/h2-14H,15H2,1H3,(H,26,27)/b25-14+. The molecule has 6 nitrogen and oxygen atoms in total. The van der Waals surface area contributed by atoms with Crippen LogP contribution in [-0.4, -0.2) is 24.7 Å². The highest BCUT2D eigenvalue weighted by atomic mass is 79.9. The molecule has 0 saturated heterocycles.